The maximum absolute atomic E-state index is 13.5. The SMILES string of the molecule is Nc1ccc(F)c(S(=O)(=O)Nc2ncccn2)c1. The van der Waals surface area contributed by atoms with Crippen LogP contribution in [0.3, 0.4) is 0 Å². The third-order valence-electron chi connectivity index (χ3n) is 2.04. The highest BCUT2D eigenvalue weighted by Crippen LogP contribution is 2.19. The van der Waals surface area contributed by atoms with Gasteiger partial charge in [0.25, 0.3) is 10.0 Å². The molecule has 1 heterocycles. The minimum absolute atomic E-state index is 0.140. The smallest absolute Gasteiger partial charge is 0.267 e. The first-order chi connectivity index (χ1) is 8.49. The Morgan fingerprint density at radius 2 is 1.89 bits per heavy atom. The lowest BCUT2D eigenvalue weighted by atomic mass is 10.3. The zero-order chi connectivity index (χ0) is 13.2. The highest BCUT2D eigenvalue weighted by molar-refractivity contribution is 7.92. The van der Waals surface area contributed by atoms with Crippen molar-refractivity contribution in [2.24, 2.45) is 0 Å². The van der Waals surface area contributed by atoms with E-state index in [0.717, 1.165) is 12.1 Å². The number of halogens is 1. The monoisotopic (exact) mass is 268 g/mol. The van der Waals surface area contributed by atoms with Crippen LogP contribution in [0.25, 0.3) is 0 Å². The molecule has 0 aliphatic heterocycles. The molecule has 0 saturated heterocycles. The standard InChI is InChI=1S/C10H9FN4O2S/c11-8-3-2-7(12)6-9(8)18(16,17)15-10-13-4-1-5-14-10/h1-6H,12H2,(H,13,14,15). The van der Waals surface area contributed by atoms with E-state index in [2.05, 4.69) is 14.7 Å². The van der Waals surface area contributed by atoms with Gasteiger partial charge in [0.1, 0.15) is 10.7 Å². The summed E-state index contributed by atoms with van der Waals surface area (Å²) in [6.07, 6.45) is 2.72. The molecule has 2 rings (SSSR count). The molecule has 1 aromatic heterocycles. The van der Waals surface area contributed by atoms with Gasteiger partial charge in [0, 0.05) is 18.1 Å². The summed E-state index contributed by atoms with van der Waals surface area (Å²) >= 11 is 0. The van der Waals surface area contributed by atoms with E-state index < -0.39 is 20.7 Å². The fourth-order valence-corrected chi connectivity index (χ4v) is 2.32. The molecule has 18 heavy (non-hydrogen) atoms. The minimum Gasteiger partial charge on any atom is -0.399 e. The number of benzene rings is 1. The van der Waals surface area contributed by atoms with E-state index in [1.54, 1.807) is 0 Å². The summed E-state index contributed by atoms with van der Waals surface area (Å²) in [4.78, 5) is 6.83. The van der Waals surface area contributed by atoms with Gasteiger partial charge in [-0.25, -0.2) is 27.5 Å². The lowest BCUT2D eigenvalue weighted by molar-refractivity contribution is 0.570. The molecule has 3 N–H and O–H groups in total. The summed E-state index contributed by atoms with van der Waals surface area (Å²) < 4.78 is 39.3. The van der Waals surface area contributed by atoms with Crippen molar-refractivity contribution in [3.05, 3.63) is 42.5 Å². The molecule has 0 saturated carbocycles. The van der Waals surface area contributed by atoms with E-state index in [4.69, 9.17) is 5.73 Å². The number of aromatic nitrogens is 2. The van der Waals surface area contributed by atoms with Crippen molar-refractivity contribution in [2.75, 3.05) is 10.5 Å². The van der Waals surface area contributed by atoms with Crippen molar-refractivity contribution in [1.29, 1.82) is 0 Å². The molecule has 6 nitrogen and oxygen atoms in total. The molecule has 0 bridgehead atoms. The molecule has 0 aliphatic rings. The normalized spacial score (nSPS) is 11.2. The molecule has 0 spiro atoms. The lowest BCUT2D eigenvalue weighted by Crippen LogP contribution is -2.16. The fourth-order valence-electron chi connectivity index (χ4n) is 1.25. The van der Waals surface area contributed by atoms with Gasteiger partial charge in [0.15, 0.2) is 0 Å². The summed E-state index contributed by atoms with van der Waals surface area (Å²) in [6.45, 7) is 0. The van der Waals surface area contributed by atoms with Gasteiger partial charge in [-0.1, -0.05) is 0 Å². The van der Waals surface area contributed by atoms with E-state index in [0.29, 0.717) is 0 Å². The largest absolute Gasteiger partial charge is 0.399 e. The lowest BCUT2D eigenvalue weighted by Gasteiger charge is -2.07. The van der Waals surface area contributed by atoms with Crippen LogP contribution >= 0.6 is 0 Å². The Balaban J connectivity index is 2.40. The van der Waals surface area contributed by atoms with Crippen LogP contribution in [0.1, 0.15) is 0 Å². The highest BCUT2D eigenvalue weighted by Gasteiger charge is 2.20. The fraction of sp³-hybridized carbons (Fsp3) is 0. The summed E-state index contributed by atoms with van der Waals surface area (Å²) in [5, 5.41) is 0. The first-order valence-electron chi connectivity index (χ1n) is 4.84. The van der Waals surface area contributed by atoms with Crippen LogP contribution < -0.4 is 10.5 Å². The molecular weight excluding hydrogens is 259 g/mol. The van der Waals surface area contributed by atoms with Crippen molar-refractivity contribution in [1.82, 2.24) is 9.97 Å². The Kier molecular flexibility index (Phi) is 3.11. The third kappa shape index (κ3) is 2.54. The first kappa shape index (κ1) is 12.2. The molecule has 1 aromatic carbocycles. The summed E-state index contributed by atoms with van der Waals surface area (Å²) in [5.41, 5.74) is 5.57. The van der Waals surface area contributed by atoms with Gasteiger partial charge in [-0.3, -0.25) is 0 Å². The Morgan fingerprint density at radius 3 is 2.56 bits per heavy atom. The number of hydrogen-bond donors (Lipinski definition) is 2. The zero-order valence-electron chi connectivity index (χ0n) is 9.04. The van der Waals surface area contributed by atoms with Crippen LogP contribution in [0.15, 0.2) is 41.6 Å². The minimum atomic E-state index is -4.10. The Bertz CT molecular complexity index is 661. The average Bonchev–Trinajstić information content (AvgIpc) is 2.33. The number of nitrogens with one attached hydrogen (secondary N) is 1. The summed E-state index contributed by atoms with van der Waals surface area (Å²) in [5.74, 6) is -1.04. The molecule has 0 unspecified atom stereocenters. The number of nitrogens with zero attached hydrogens (tertiary/aromatic N) is 2. The maximum atomic E-state index is 13.5. The van der Waals surface area contributed by atoms with Gasteiger partial charge in [-0.05, 0) is 24.3 Å². The molecule has 0 aliphatic carbocycles. The molecule has 0 radical (unpaired) electrons. The van der Waals surface area contributed by atoms with E-state index in [1.165, 1.54) is 24.5 Å². The van der Waals surface area contributed by atoms with Gasteiger partial charge in [-0.2, -0.15) is 0 Å². The molecule has 94 valence electrons. The van der Waals surface area contributed by atoms with Gasteiger partial charge in [0.2, 0.25) is 5.95 Å². The molecular formula is C10H9FN4O2S. The van der Waals surface area contributed by atoms with Gasteiger partial charge in [0.05, 0.1) is 0 Å². The topological polar surface area (TPSA) is 98.0 Å². The van der Waals surface area contributed by atoms with Crippen molar-refractivity contribution in [3.63, 3.8) is 0 Å². The number of sulfonamides is 1. The second-order valence-electron chi connectivity index (χ2n) is 3.37. The van der Waals surface area contributed by atoms with Crippen LogP contribution in [0.4, 0.5) is 16.0 Å². The predicted octanol–water partition coefficient (Wildman–Crippen LogP) is 0.999. The Labute approximate surface area is 103 Å². The van der Waals surface area contributed by atoms with Crippen molar-refractivity contribution in [3.8, 4) is 0 Å². The Morgan fingerprint density at radius 1 is 1.22 bits per heavy atom. The van der Waals surface area contributed by atoms with Crippen LogP contribution in [0.2, 0.25) is 0 Å². The number of rotatable bonds is 3. The third-order valence-corrected chi connectivity index (χ3v) is 3.38. The number of anilines is 2. The van der Waals surface area contributed by atoms with Gasteiger partial charge >= 0.3 is 0 Å². The second kappa shape index (κ2) is 4.57. The van der Waals surface area contributed by atoms with Gasteiger partial charge < -0.3 is 5.73 Å². The van der Waals surface area contributed by atoms with Crippen molar-refractivity contribution in [2.45, 2.75) is 4.90 Å². The maximum Gasteiger partial charge on any atom is 0.267 e. The van der Waals surface area contributed by atoms with Crippen molar-refractivity contribution < 1.29 is 12.8 Å². The number of nitrogens with two attached hydrogens (primary N) is 1. The second-order valence-corrected chi connectivity index (χ2v) is 5.02. The predicted molar refractivity (Wildman–Crippen MR) is 63.7 cm³/mol. The highest BCUT2D eigenvalue weighted by atomic mass is 32.2. The molecule has 2 aromatic rings. The van der Waals surface area contributed by atoms with E-state index in [1.807, 2.05) is 0 Å². The van der Waals surface area contributed by atoms with E-state index in [9.17, 15) is 12.8 Å². The molecule has 0 fully saturated rings. The molecule has 0 amide bonds. The first-order valence-corrected chi connectivity index (χ1v) is 6.32. The molecule has 8 heteroatoms. The summed E-state index contributed by atoms with van der Waals surface area (Å²) in [6, 6.07) is 4.81. The van der Waals surface area contributed by atoms with Crippen LogP contribution in [0, 0.1) is 5.82 Å². The quantitative estimate of drug-likeness (QED) is 0.809. The van der Waals surface area contributed by atoms with Gasteiger partial charge in [-0.15, -0.1) is 0 Å². The number of hydrogen-bond acceptors (Lipinski definition) is 5. The Hall–Kier alpha value is -2.22. The van der Waals surface area contributed by atoms with Crippen LogP contribution in [0.5, 0.6) is 0 Å². The average molecular weight is 268 g/mol. The van der Waals surface area contributed by atoms with Crippen LogP contribution in [-0.2, 0) is 10.0 Å². The van der Waals surface area contributed by atoms with E-state index >= 15 is 0 Å². The summed E-state index contributed by atoms with van der Waals surface area (Å²) in [7, 11) is -4.10. The van der Waals surface area contributed by atoms with Crippen LogP contribution in [-0.4, -0.2) is 18.4 Å². The molecule has 0 atom stereocenters. The zero-order valence-corrected chi connectivity index (χ0v) is 9.86. The van der Waals surface area contributed by atoms with E-state index in [-0.39, 0.29) is 11.6 Å². The van der Waals surface area contributed by atoms with Crippen molar-refractivity contribution >= 4 is 21.7 Å². The number of nitrogen functional groups attached to an aromatic ring is 1.